The normalized spacial score (nSPS) is 26.3. The second kappa shape index (κ2) is 4.40. The second-order valence-corrected chi connectivity index (χ2v) is 4.55. The van der Waals surface area contributed by atoms with E-state index in [9.17, 15) is 0 Å². The average molecular weight is 186 g/mol. The molecule has 0 bridgehead atoms. The van der Waals surface area contributed by atoms with Gasteiger partial charge in [0.1, 0.15) is 0 Å². The molecule has 0 aliphatic carbocycles. The first kappa shape index (κ1) is 11.0. The standard InChI is InChI=1S/C10H22N2O/c1-9-7-12(6-5-11-9)8-10(2,3)13-4/h9,11H,5-8H2,1-4H3/t9-/m0/s1. The molecule has 0 radical (unpaired) electrons. The van der Waals surface area contributed by atoms with Crippen molar-refractivity contribution in [2.75, 3.05) is 33.3 Å². The molecule has 1 N–H and O–H groups in total. The average Bonchev–Trinajstić information content (AvgIpc) is 2.03. The Morgan fingerprint density at radius 2 is 2.23 bits per heavy atom. The Morgan fingerprint density at radius 3 is 2.77 bits per heavy atom. The van der Waals surface area contributed by atoms with Gasteiger partial charge >= 0.3 is 0 Å². The van der Waals surface area contributed by atoms with Crippen molar-refractivity contribution in [3.63, 3.8) is 0 Å². The molecule has 1 heterocycles. The van der Waals surface area contributed by atoms with Gasteiger partial charge in [0.15, 0.2) is 0 Å². The van der Waals surface area contributed by atoms with Crippen molar-refractivity contribution in [1.82, 2.24) is 10.2 Å². The maximum Gasteiger partial charge on any atom is 0.0749 e. The van der Waals surface area contributed by atoms with Crippen LogP contribution in [0.2, 0.25) is 0 Å². The number of hydrogen-bond acceptors (Lipinski definition) is 3. The molecule has 1 saturated heterocycles. The predicted octanol–water partition coefficient (Wildman–Crippen LogP) is 0.705. The van der Waals surface area contributed by atoms with E-state index in [0.717, 1.165) is 26.2 Å². The maximum absolute atomic E-state index is 5.41. The minimum atomic E-state index is -0.0168. The molecule has 13 heavy (non-hydrogen) atoms. The predicted molar refractivity (Wildman–Crippen MR) is 55.0 cm³/mol. The minimum Gasteiger partial charge on any atom is -0.377 e. The van der Waals surface area contributed by atoms with Gasteiger partial charge in [0.2, 0.25) is 0 Å². The Bertz CT molecular complexity index is 159. The van der Waals surface area contributed by atoms with Gasteiger partial charge in [-0.05, 0) is 20.8 Å². The monoisotopic (exact) mass is 186 g/mol. The van der Waals surface area contributed by atoms with Crippen LogP contribution in [-0.4, -0.2) is 49.8 Å². The molecule has 0 amide bonds. The van der Waals surface area contributed by atoms with E-state index in [-0.39, 0.29) is 5.60 Å². The summed E-state index contributed by atoms with van der Waals surface area (Å²) in [6, 6.07) is 0.612. The number of hydrogen-bond donors (Lipinski definition) is 1. The van der Waals surface area contributed by atoms with Crippen molar-refractivity contribution in [3.8, 4) is 0 Å². The first-order chi connectivity index (χ1) is 6.03. The summed E-state index contributed by atoms with van der Waals surface area (Å²) in [6.45, 7) is 10.9. The summed E-state index contributed by atoms with van der Waals surface area (Å²) < 4.78 is 5.41. The van der Waals surface area contributed by atoms with Crippen LogP contribution in [0.25, 0.3) is 0 Å². The first-order valence-electron chi connectivity index (χ1n) is 5.04. The number of piperazine rings is 1. The van der Waals surface area contributed by atoms with Crippen LogP contribution in [0.1, 0.15) is 20.8 Å². The fraction of sp³-hybridized carbons (Fsp3) is 1.00. The van der Waals surface area contributed by atoms with E-state index in [1.165, 1.54) is 0 Å². The fourth-order valence-corrected chi connectivity index (χ4v) is 1.76. The fourth-order valence-electron chi connectivity index (χ4n) is 1.76. The molecule has 0 saturated carbocycles. The number of nitrogens with one attached hydrogen (secondary N) is 1. The van der Waals surface area contributed by atoms with Gasteiger partial charge in [0.05, 0.1) is 5.60 Å². The zero-order valence-electron chi connectivity index (χ0n) is 9.26. The highest BCUT2D eigenvalue weighted by Gasteiger charge is 2.23. The van der Waals surface area contributed by atoms with Crippen molar-refractivity contribution >= 4 is 0 Å². The minimum absolute atomic E-state index is 0.0168. The van der Waals surface area contributed by atoms with E-state index in [2.05, 4.69) is 31.0 Å². The zero-order chi connectivity index (χ0) is 9.90. The van der Waals surface area contributed by atoms with E-state index >= 15 is 0 Å². The van der Waals surface area contributed by atoms with Gasteiger partial charge < -0.3 is 10.1 Å². The number of rotatable bonds is 3. The highest BCUT2D eigenvalue weighted by molar-refractivity contribution is 4.80. The Kier molecular flexibility index (Phi) is 3.71. The lowest BCUT2D eigenvalue weighted by atomic mass is 10.1. The Hall–Kier alpha value is -0.120. The van der Waals surface area contributed by atoms with Gasteiger partial charge in [-0.2, -0.15) is 0 Å². The first-order valence-corrected chi connectivity index (χ1v) is 5.04. The molecule has 78 valence electrons. The van der Waals surface area contributed by atoms with Gasteiger partial charge in [-0.25, -0.2) is 0 Å². The molecule has 1 atom stereocenters. The summed E-state index contributed by atoms with van der Waals surface area (Å²) >= 11 is 0. The molecular formula is C10H22N2O. The lowest BCUT2D eigenvalue weighted by Gasteiger charge is -2.36. The summed E-state index contributed by atoms with van der Waals surface area (Å²) in [5.74, 6) is 0. The highest BCUT2D eigenvalue weighted by Crippen LogP contribution is 2.11. The zero-order valence-corrected chi connectivity index (χ0v) is 9.26. The van der Waals surface area contributed by atoms with Crippen LogP contribution < -0.4 is 5.32 Å². The lowest BCUT2D eigenvalue weighted by Crippen LogP contribution is -2.53. The van der Waals surface area contributed by atoms with Crippen molar-refractivity contribution in [3.05, 3.63) is 0 Å². The molecule has 1 rings (SSSR count). The highest BCUT2D eigenvalue weighted by atomic mass is 16.5. The van der Waals surface area contributed by atoms with E-state index in [1.807, 2.05) is 0 Å². The third kappa shape index (κ3) is 3.63. The summed E-state index contributed by atoms with van der Waals surface area (Å²) in [6.07, 6.45) is 0. The van der Waals surface area contributed by atoms with Crippen molar-refractivity contribution in [2.24, 2.45) is 0 Å². The van der Waals surface area contributed by atoms with Crippen LogP contribution in [0.5, 0.6) is 0 Å². The van der Waals surface area contributed by atoms with E-state index in [4.69, 9.17) is 4.74 Å². The summed E-state index contributed by atoms with van der Waals surface area (Å²) in [7, 11) is 1.78. The van der Waals surface area contributed by atoms with Crippen LogP contribution in [0.3, 0.4) is 0 Å². The van der Waals surface area contributed by atoms with Crippen LogP contribution in [0.15, 0.2) is 0 Å². The molecule has 1 aliphatic heterocycles. The maximum atomic E-state index is 5.41. The van der Waals surface area contributed by atoms with Gasteiger partial charge in [-0.15, -0.1) is 0 Å². The smallest absolute Gasteiger partial charge is 0.0749 e. The van der Waals surface area contributed by atoms with Crippen LogP contribution in [0.4, 0.5) is 0 Å². The number of nitrogens with zero attached hydrogens (tertiary/aromatic N) is 1. The number of ether oxygens (including phenoxy) is 1. The molecule has 0 spiro atoms. The SMILES string of the molecule is COC(C)(C)CN1CCN[C@@H](C)C1. The van der Waals surface area contributed by atoms with Gasteiger partial charge in [0, 0.05) is 39.3 Å². The summed E-state index contributed by atoms with van der Waals surface area (Å²) in [4.78, 5) is 2.46. The molecule has 3 nitrogen and oxygen atoms in total. The van der Waals surface area contributed by atoms with Crippen LogP contribution in [0, 0.1) is 0 Å². The van der Waals surface area contributed by atoms with Gasteiger partial charge in [0.25, 0.3) is 0 Å². The second-order valence-electron chi connectivity index (χ2n) is 4.55. The largest absolute Gasteiger partial charge is 0.377 e. The molecule has 0 aromatic heterocycles. The quantitative estimate of drug-likeness (QED) is 0.702. The third-order valence-electron chi connectivity index (χ3n) is 2.61. The van der Waals surface area contributed by atoms with Crippen molar-refractivity contribution in [2.45, 2.75) is 32.4 Å². The molecular weight excluding hydrogens is 164 g/mol. The molecule has 1 fully saturated rings. The van der Waals surface area contributed by atoms with E-state index < -0.39 is 0 Å². The van der Waals surface area contributed by atoms with Crippen LogP contribution in [-0.2, 0) is 4.74 Å². The topological polar surface area (TPSA) is 24.5 Å². The van der Waals surface area contributed by atoms with Crippen LogP contribution >= 0.6 is 0 Å². The summed E-state index contributed by atoms with van der Waals surface area (Å²) in [5, 5.41) is 3.43. The number of methoxy groups -OCH3 is 1. The van der Waals surface area contributed by atoms with Gasteiger partial charge in [-0.3, -0.25) is 4.90 Å². The molecule has 0 unspecified atom stereocenters. The van der Waals surface area contributed by atoms with Crippen molar-refractivity contribution in [1.29, 1.82) is 0 Å². The van der Waals surface area contributed by atoms with Crippen molar-refractivity contribution < 1.29 is 4.74 Å². The lowest BCUT2D eigenvalue weighted by molar-refractivity contribution is -0.0126. The van der Waals surface area contributed by atoms with E-state index in [0.29, 0.717) is 6.04 Å². The van der Waals surface area contributed by atoms with Gasteiger partial charge in [-0.1, -0.05) is 0 Å². The molecule has 0 aromatic carbocycles. The van der Waals surface area contributed by atoms with E-state index in [1.54, 1.807) is 7.11 Å². The Morgan fingerprint density at radius 1 is 1.54 bits per heavy atom. The molecule has 1 aliphatic rings. The Labute approximate surface area is 81.4 Å². The Balaban J connectivity index is 2.35. The molecule has 0 aromatic rings. The third-order valence-corrected chi connectivity index (χ3v) is 2.61. The summed E-state index contributed by atoms with van der Waals surface area (Å²) in [5.41, 5.74) is -0.0168. The molecule has 3 heteroatoms.